The molecule has 4 heteroatoms. The molecule has 0 saturated heterocycles. The number of benzene rings is 2. The molecule has 0 amide bonds. The SMILES string of the molecule is Fc1ccc(Br)c(OCc2cccc(Br)c2)c1. The van der Waals surface area contributed by atoms with Crippen LogP contribution in [0.2, 0.25) is 0 Å². The minimum Gasteiger partial charge on any atom is -0.488 e. The second-order valence-corrected chi connectivity index (χ2v) is 5.26. The van der Waals surface area contributed by atoms with Gasteiger partial charge in [0.25, 0.3) is 0 Å². The maximum absolute atomic E-state index is 13.0. The van der Waals surface area contributed by atoms with Gasteiger partial charge in [-0.3, -0.25) is 0 Å². The normalized spacial score (nSPS) is 10.3. The van der Waals surface area contributed by atoms with E-state index in [9.17, 15) is 4.39 Å². The first-order chi connectivity index (χ1) is 8.15. The highest BCUT2D eigenvalue weighted by atomic mass is 79.9. The van der Waals surface area contributed by atoms with Gasteiger partial charge in [0.2, 0.25) is 0 Å². The van der Waals surface area contributed by atoms with Crippen molar-refractivity contribution < 1.29 is 9.13 Å². The van der Waals surface area contributed by atoms with Gasteiger partial charge in [-0.05, 0) is 45.8 Å². The number of hydrogen-bond acceptors (Lipinski definition) is 1. The van der Waals surface area contributed by atoms with Gasteiger partial charge in [0, 0.05) is 10.5 Å². The first kappa shape index (κ1) is 12.6. The maximum Gasteiger partial charge on any atom is 0.136 e. The average molecular weight is 360 g/mol. The molecule has 0 bridgehead atoms. The standard InChI is InChI=1S/C13H9Br2FO/c14-10-3-1-2-9(6-10)8-17-13-7-11(16)4-5-12(13)15/h1-7H,8H2. The van der Waals surface area contributed by atoms with E-state index in [1.54, 1.807) is 6.07 Å². The summed E-state index contributed by atoms with van der Waals surface area (Å²) in [5.41, 5.74) is 1.02. The molecule has 2 aromatic carbocycles. The van der Waals surface area contributed by atoms with Crippen LogP contribution in [0.15, 0.2) is 51.4 Å². The first-order valence-electron chi connectivity index (χ1n) is 4.97. The van der Waals surface area contributed by atoms with Crippen LogP contribution in [-0.4, -0.2) is 0 Å². The first-order valence-corrected chi connectivity index (χ1v) is 6.56. The molecule has 0 atom stereocenters. The van der Waals surface area contributed by atoms with Crippen LogP contribution in [0.25, 0.3) is 0 Å². The zero-order valence-corrected chi connectivity index (χ0v) is 12.0. The molecule has 0 radical (unpaired) electrons. The van der Waals surface area contributed by atoms with Crippen LogP contribution >= 0.6 is 31.9 Å². The van der Waals surface area contributed by atoms with E-state index >= 15 is 0 Å². The Balaban J connectivity index is 2.09. The zero-order chi connectivity index (χ0) is 12.3. The van der Waals surface area contributed by atoms with Crippen molar-refractivity contribution in [2.75, 3.05) is 0 Å². The van der Waals surface area contributed by atoms with Crippen molar-refractivity contribution in [1.82, 2.24) is 0 Å². The predicted octanol–water partition coefficient (Wildman–Crippen LogP) is 4.93. The predicted molar refractivity (Wildman–Crippen MR) is 72.6 cm³/mol. The summed E-state index contributed by atoms with van der Waals surface area (Å²) in [6, 6.07) is 12.2. The number of ether oxygens (including phenoxy) is 1. The molecular weight excluding hydrogens is 351 g/mol. The van der Waals surface area contributed by atoms with Crippen LogP contribution < -0.4 is 4.74 Å². The highest BCUT2D eigenvalue weighted by Crippen LogP contribution is 2.26. The van der Waals surface area contributed by atoms with Gasteiger partial charge in [0.05, 0.1) is 4.47 Å². The van der Waals surface area contributed by atoms with Gasteiger partial charge >= 0.3 is 0 Å². The fourth-order valence-corrected chi connectivity index (χ4v) is 2.18. The summed E-state index contributed by atoms with van der Waals surface area (Å²) < 4.78 is 20.3. The third-order valence-corrected chi connectivity index (χ3v) is 3.32. The van der Waals surface area contributed by atoms with Gasteiger partial charge in [-0.15, -0.1) is 0 Å². The Bertz CT molecular complexity index is 529. The van der Waals surface area contributed by atoms with E-state index in [-0.39, 0.29) is 5.82 Å². The van der Waals surface area contributed by atoms with E-state index < -0.39 is 0 Å². The van der Waals surface area contributed by atoms with Crippen molar-refractivity contribution in [2.45, 2.75) is 6.61 Å². The van der Waals surface area contributed by atoms with Crippen molar-refractivity contribution in [3.63, 3.8) is 0 Å². The lowest BCUT2D eigenvalue weighted by atomic mass is 10.2. The summed E-state index contributed by atoms with van der Waals surface area (Å²) in [5.74, 6) is 0.197. The number of halogens is 3. The van der Waals surface area contributed by atoms with Crippen molar-refractivity contribution in [3.8, 4) is 5.75 Å². The van der Waals surface area contributed by atoms with E-state index in [2.05, 4.69) is 31.9 Å². The minimum absolute atomic E-state index is 0.308. The lowest BCUT2D eigenvalue weighted by Gasteiger charge is -2.08. The zero-order valence-electron chi connectivity index (χ0n) is 8.79. The molecule has 0 heterocycles. The Labute approximate surface area is 116 Å². The van der Waals surface area contributed by atoms with E-state index in [1.807, 2.05) is 24.3 Å². The topological polar surface area (TPSA) is 9.23 Å². The summed E-state index contributed by atoms with van der Waals surface area (Å²) in [7, 11) is 0. The molecule has 88 valence electrons. The van der Waals surface area contributed by atoms with E-state index in [1.165, 1.54) is 12.1 Å². The van der Waals surface area contributed by atoms with Gasteiger partial charge in [-0.2, -0.15) is 0 Å². The third kappa shape index (κ3) is 3.54. The van der Waals surface area contributed by atoms with Crippen LogP contribution in [0.3, 0.4) is 0 Å². The van der Waals surface area contributed by atoms with Crippen molar-refractivity contribution in [2.24, 2.45) is 0 Å². The Morgan fingerprint density at radius 2 is 1.88 bits per heavy atom. The van der Waals surface area contributed by atoms with Crippen molar-refractivity contribution >= 4 is 31.9 Å². The highest BCUT2D eigenvalue weighted by Gasteiger charge is 2.03. The quantitative estimate of drug-likeness (QED) is 0.754. The smallest absolute Gasteiger partial charge is 0.136 e. The molecule has 0 aliphatic heterocycles. The summed E-state index contributed by atoms with van der Waals surface area (Å²) in [6.07, 6.45) is 0. The second-order valence-electron chi connectivity index (χ2n) is 3.49. The Morgan fingerprint density at radius 3 is 2.65 bits per heavy atom. The molecule has 0 aliphatic carbocycles. The van der Waals surface area contributed by atoms with Gasteiger partial charge < -0.3 is 4.74 Å². The van der Waals surface area contributed by atoms with Crippen LogP contribution in [0.1, 0.15) is 5.56 Å². The fourth-order valence-electron chi connectivity index (χ4n) is 1.38. The molecule has 0 saturated carbocycles. The third-order valence-electron chi connectivity index (χ3n) is 2.18. The van der Waals surface area contributed by atoms with Crippen molar-refractivity contribution in [1.29, 1.82) is 0 Å². The molecule has 0 N–H and O–H groups in total. The molecule has 0 fully saturated rings. The van der Waals surface area contributed by atoms with E-state index in [0.29, 0.717) is 12.4 Å². The van der Waals surface area contributed by atoms with Gasteiger partial charge in [-0.1, -0.05) is 28.1 Å². The second kappa shape index (κ2) is 5.65. The molecule has 17 heavy (non-hydrogen) atoms. The largest absolute Gasteiger partial charge is 0.488 e. The summed E-state index contributed by atoms with van der Waals surface area (Å²) in [4.78, 5) is 0. The lowest BCUT2D eigenvalue weighted by Crippen LogP contribution is -1.96. The van der Waals surface area contributed by atoms with Crippen LogP contribution in [-0.2, 0) is 6.61 Å². The Hall–Kier alpha value is -0.870. The molecule has 2 rings (SSSR count). The van der Waals surface area contributed by atoms with Gasteiger partial charge in [0.1, 0.15) is 18.2 Å². The van der Waals surface area contributed by atoms with Crippen LogP contribution in [0, 0.1) is 5.82 Å². The monoisotopic (exact) mass is 358 g/mol. The Morgan fingerprint density at radius 1 is 1.06 bits per heavy atom. The Kier molecular flexibility index (Phi) is 4.18. The molecule has 2 aromatic rings. The fraction of sp³-hybridized carbons (Fsp3) is 0.0769. The molecule has 0 spiro atoms. The minimum atomic E-state index is -0.308. The molecule has 1 nitrogen and oxygen atoms in total. The van der Waals surface area contributed by atoms with Gasteiger partial charge in [-0.25, -0.2) is 4.39 Å². The van der Waals surface area contributed by atoms with E-state index in [0.717, 1.165) is 14.5 Å². The van der Waals surface area contributed by atoms with Crippen LogP contribution in [0.5, 0.6) is 5.75 Å². The molecule has 0 aliphatic rings. The van der Waals surface area contributed by atoms with E-state index in [4.69, 9.17) is 4.74 Å². The molecular formula is C13H9Br2FO. The number of hydrogen-bond donors (Lipinski definition) is 0. The van der Waals surface area contributed by atoms with Gasteiger partial charge in [0.15, 0.2) is 0 Å². The summed E-state index contributed by atoms with van der Waals surface area (Å²) in [5, 5.41) is 0. The van der Waals surface area contributed by atoms with Crippen LogP contribution in [0.4, 0.5) is 4.39 Å². The molecule has 0 aromatic heterocycles. The lowest BCUT2D eigenvalue weighted by molar-refractivity contribution is 0.302. The number of rotatable bonds is 3. The average Bonchev–Trinajstić information content (AvgIpc) is 2.30. The maximum atomic E-state index is 13.0. The summed E-state index contributed by atoms with van der Waals surface area (Å²) in [6.45, 7) is 0.404. The van der Waals surface area contributed by atoms with Crippen molar-refractivity contribution in [3.05, 3.63) is 62.8 Å². The molecule has 0 unspecified atom stereocenters. The highest BCUT2D eigenvalue weighted by molar-refractivity contribution is 9.10. The summed E-state index contributed by atoms with van der Waals surface area (Å²) >= 11 is 6.71.